The van der Waals surface area contributed by atoms with Crippen molar-refractivity contribution in [3.05, 3.63) is 11.9 Å². The molecule has 0 amide bonds. The SMILES string of the molecule is OCCCCCCn1cc(CNCC2CC2)nn1. The molecule has 0 radical (unpaired) electrons. The molecule has 1 heterocycles. The number of aromatic nitrogens is 3. The average Bonchev–Trinajstić information content (AvgIpc) is 3.08. The van der Waals surface area contributed by atoms with E-state index in [1.165, 1.54) is 12.8 Å². The Morgan fingerprint density at radius 2 is 2.11 bits per heavy atom. The monoisotopic (exact) mass is 252 g/mol. The summed E-state index contributed by atoms with van der Waals surface area (Å²) in [7, 11) is 0. The summed E-state index contributed by atoms with van der Waals surface area (Å²) in [6, 6.07) is 0. The molecule has 1 saturated carbocycles. The van der Waals surface area contributed by atoms with Crippen molar-refractivity contribution in [1.29, 1.82) is 0 Å². The first-order valence-corrected chi connectivity index (χ1v) is 7.09. The standard InChI is InChI=1S/C13H24N4O/c18-8-4-2-1-3-7-17-11-13(15-16-17)10-14-9-12-5-6-12/h11-12,14,18H,1-10H2. The average molecular weight is 252 g/mol. The van der Waals surface area contributed by atoms with E-state index in [1.807, 2.05) is 10.9 Å². The molecule has 1 aromatic rings. The van der Waals surface area contributed by atoms with Crippen molar-refractivity contribution in [2.45, 2.75) is 51.6 Å². The molecule has 0 aliphatic heterocycles. The number of aliphatic hydroxyl groups excluding tert-OH is 1. The van der Waals surface area contributed by atoms with E-state index >= 15 is 0 Å². The van der Waals surface area contributed by atoms with E-state index in [0.717, 1.165) is 56.9 Å². The van der Waals surface area contributed by atoms with Crippen LogP contribution in [0.2, 0.25) is 0 Å². The van der Waals surface area contributed by atoms with E-state index in [-0.39, 0.29) is 0 Å². The Labute approximate surface area is 109 Å². The highest BCUT2D eigenvalue weighted by Crippen LogP contribution is 2.27. The Balaban J connectivity index is 1.56. The quantitative estimate of drug-likeness (QED) is 0.617. The van der Waals surface area contributed by atoms with Crippen LogP contribution in [0.5, 0.6) is 0 Å². The lowest BCUT2D eigenvalue weighted by molar-refractivity contribution is 0.282. The zero-order valence-corrected chi connectivity index (χ0v) is 11.0. The summed E-state index contributed by atoms with van der Waals surface area (Å²) in [5.74, 6) is 0.909. The molecule has 0 aromatic carbocycles. The van der Waals surface area contributed by atoms with Gasteiger partial charge in [0.25, 0.3) is 0 Å². The van der Waals surface area contributed by atoms with Crippen molar-refractivity contribution in [3.8, 4) is 0 Å². The second-order valence-corrected chi connectivity index (χ2v) is 5.19. The van der Waals surface area contributed by atoms with Crippen LogP contribution in [0.15, 0.2) is 6.20 Å². The molecule has 5 heteroatoms. The number of aryl methyl sites for hydroxylation is 1. The first-order chi connectivity index (χ1) is 8.88. The summed E-state index contributed by atoms with van der Waals surface area (Å²) < 4.78 is 1.92. The van der Waals surface area contributed by atoms with Gasteiger partial charge in [-0.1, -0.05) is 18.1 Å². The Kier molecular flexibility index (Phi) is 5.61. The fraction of sp³-hybridized carbons (Fsp3) is 0.846. The molecule has 1 aliphatic carbocycles. The molecule has 0 unspecified atom stereocenters. The Hall–Kier alpha value is -0.940. The van der Waals surface area contributed by atoms with Crippen LogP contribution in [0.1, 0.15) is 44.2 Å². The Morgan fingerprint density at radius 3 is 2.89 bits per heavy atom. The second-order valence-electron chi connectivity index (χ2n) is 5.19. The summed E-state index contributed by atoms with van der Waals surface area (Å²) in [4.78, 5) is 0. The minimum atomic E-state index is 0.306. The van der Waals surface area contributed by atoms with Crippen LogP contribution in [-0.2, 0) is 13.1 Å². The van der Waals surface area contributed by atoms with Crippen LogP contribution in [0.25, 0.3) is 0 Å². The van der Waals surface area contributed by atoms with E-state index in [1.54, 1.807) is 0 Å². The van der Waals surface area contributed by atoms with Gasteiger partial charge < -0.3 is 10.4 Å². The number of hydrogen-bond acceptors (Lipinski definition) is 4. The third-order valence-corrected chi connectivity index (χ3v) is 3.32. The van der Waals surface area contributed by atoms with Crippen molar-refractivity contribution in [3.63, 3.8) is 0 Å². The normalized spacial score (nSPS) is 15.2. The molecule has 0 atom stereocenters. The molecular formula is C13H24N4O. The van der Waals surface area contributed by atoms with Crippen molar-refractivity contribution >= 4 is 0 Å². The largest absolute Gasteiger partial charge is 0.396 e. The zero-order valence-electron chi connectivity index (χ0n) is 11.0. The minimum absolute atomic E-state index is 0.306. The number of nitrogens with zero attached hydrogens (tertiary/aromatic N) is 3. The molecule has 0 spiro atoms. The number of nitrogens with one attached hydrogen (secondary N) is 1. The Morgan fingerprint density at radius 1 is 1.28 bits per heavy atom. The first kappa shape index (κ1) is 13.5. The second kappa shape index (κ2) is 7.48. The van der Waals surface area contributed by atoms with Gasteiger partial charge >= 0.3 is 0 Å². The maximum absolute atomic E-state index is 8.68. The molecule has 5 nitrogen and oxygen atoms in total. The zero-order chi connectivity index (χ0) is 12.6. The summed E-state index contributed by atoms with van der Waals surface area (Å²) in [5, 5.41) is 20.4. The summed E-state index contributed by atoms with van der Waals surface area (Å²) >= 11 is 0. The lowest BCUT2D eigenvalue weighted by Crippen LogP contribution is -2.16. The highest BCUT2D eigenvalue weighted by molar-refractivity contribution is 4.92. The van der Waals surface area contributed by atoms with Crippen LogP contribution < -0.4 is 5.32 Å². The van der Waals surface area contributed by atoms with Gasteiger partial charge in [0.1, 0.15) is 0 Å². The molecule has 1 fully saturated rings. The molecule has 1 aromatic heterocycles. The van der Waals surface area contributed by atoms with E-state index < -0.39 is 0 Å². The highest BCUT2D eigenvalue weighted by atomic mass is 16.2. The van der Waals surface area contributed by atoms with Gasteiger partial charge in [-0.2, -0.15) is 0 Å². The lowest BCUT2D eigenvalue weighted by atomic mass is 10.2. The number of hydrogen-bond donors (Lipinski definition) is 2. The molecule has 0 bridgehead atoms. The molecule has 0 saturated heterocycles. The van der Waals surface area contributed by atoms with Gasteiger partial charge in [-0.3, -0.25) is 4.68 Å². The first-order valence-electron chi connectivity index (χ1n) is 7.09. The van der Waals surface area contributed by atoms with Gasteiger partial charge in [0.05, 0.1) is 5.69 Å². The van der Waals surface area contributed by atoms with Gasteiger partial charge in [-0.15, -0.1) is 5.10 Å². The van der Waals surface area contributed by atoms with E-state index in [2.05, 4.69) is 15.6 Å². The maximum atomic E-state index is 8.68. The molecule has 102 valence electrons. The molecule has 2 N–H and O–H groups in total. The van der Waals surface area contributed by atoms with Gasteiger partial charge in [0, 0.05) is 25.9 Å². The van der Waals surface area contributed by atoms with Crippen molar-refractivity contribution in [1.82, 2.24) is 20.3 Å². The summed E-state index contributed by atoms with van der Waals surface area (Å²) in [5.41, 5.74) is 1.03. The van der Waals surface area contributed by atoms with Crippen molar-refractivity contribution < 1.29 is 5.11 Å². The molecule has 18 heavy (non-hydrogen) atoms. The predicted molar refractivity (Wildman–Crippen MR) is 70.0 cm³/mol. The van der Waals surface area contributed by atoms with Crippen LogP contribution in [0.3, 0.4) is 0 Å². The number of rotatable bonds is 10. The third-order valence-electron chi connectivity index (χ3n) is 3.32. The van der Waals surface area contributed by atoms with Gasteiger partial charge in [0.2, 0.25) is 0 Å². The fourth-order valence-electron chi connectivity index (χ4n) is 1.99. The van der Waals surface area contributed by atoms with Gasteiger partial charge in [-0.05, 0) is 38.1 Å². The van der Waals surface area contributed by atoms with Crippen LogP contribution in [-0.4, -0.2) is 33.3 Å². The van der Waals surface area contributed by atoms with Crippen LogP contribution >= 0.6 is 0 Å². The summed E-state index contributed by atoms with van der Waals surface area (Å²) in [6.45, 7) is 3.19. The van der Waals surface area contributed by atoms with E-state index in [9.17, 15) is 0 Å². The van der Waals surface area contributed by atoms with Crippen molar-refractivity contribution in [2.24, 2.45) is 5.92 Å². The van der Waals surface area contributed by atoms with E-state index in [4.69, 9.17) is 5.11 Å². The number of aliphatic hydroxyl groups is 1. The van der Waals surface area contributed by atoms with Crippen molar-refractivity contribution in [2.75, 3.05) is 13.2 Å². The predicted octanol–water partition coefficient (Wildman–Crippen LogP) is 1.33. The maximum Gasteiger partial charge on any atom is 0.0964 e. The number of unbranched alkanes of at least 4 members (excludes halogenated alkanes) is 3. The highest BCUT2D eigenvalue weighted by Gasteiger charge is 2.20. The summed E-state index contributed by atoms with van der Waals surface area (Å²) in [6.07, 6.45) is 9.07. The van der Waals surface area contributed by atoms with Crippen LogP contribution in [0.4, 0.5) is 0 Å². The van der Waals surface area contributed by atoms with Gasteiger partial charge in [-0.25, -0.2) is 0 Å². The molecular weight excluding hydrogens is 228 g/mol. The topological polar surface area (TPSA) is 63.0 Å². The fourth-order valence-corrected chi connectivity index (χ4v) is 1.99. The lowest BCUT2D eigenvalue weighted by Gasteiger charge is -2.00. The Bertz CT molecular complexity index is 335. The van der Waals surface area contributed by atoms with Gasteiger partial charge in [0.15, 0.2) is 0 Å². The van der Waals surface area contributed by atoms with E-state index in [0.29, 0.717) is 6.61 Å². The third kappa shape index (κ3) is 5.14. The molecule has 2 rings (SSSR count). The molecule has 1 aliphatic rings. The minimum Gasteiger partial charge on any atom is -0.396 e. The smallest absolute Gasteiger partial charge is 0.0964 e. The van der Waals surface area contributed by atoms with Crippen LogP contribution in [0, 0.1) is 5.92 Å².